The van der Waals surface area contributed by atoms with Gasteiger partial charge in [-0.25, -0.2) is 4.98 Å². The van der Waals surface area contributed by atoms with Gasteiger partial charge in [0.05, 0.1) is 16.6 Å². The molecule has 4 aromatic carbocycles. The molecule has 4 heteroatoms. The van der Waals surface area contributed by atoms with Gasteiger partial charge in [0.1, 0.15) is 5.82 Å². The van der Waals surface area contributed by atoms with Crippen LogP contribution >= 0.6 is 0 Å². The summed E-state index contributed by atoms with van der Waals surface area (Å²) >= 11 is 0. The lowest BCUT2D eigenvalue weighted by atomic mass is 10.1. The summed E-state index contributed by atoms with van der Waals surface area (Å²) in [5.74, 6) is 6.90. The van der Waals surface area contributed by atoms with Crippen molar-refractivity contribution in [1.29, 1.82) is 0 Å². The van der Waals surface area contributed by atoms with Crippen molar-refractivity contribution in [3.63, 3.8) is 0 Å². The third kappa shape index (κ3) is 4.61. The van der Waals surface area contributed by atoms with E-state index in [1.54, 1.807) is 17.0 Å². The molecule has 6 aromatic rings. The van der Waals surface area contributed by atoms with Crippen LogP contribution < -0.4 is 5.56 Å². The summed E-state index contributed by atoms with van der Waals surface area (Å²) in [5.41, 5.74) is 5.03. The number of hydrogen-bond donors (Lipinski definition) is 0. The molecule has 0 spiro atoms. The first-order chi connectivity index (χ1) is 18.7. The van der Waals surface area contributed by atoms with Crippen molar-refractivity contribution in [3.8, 4) is 17.5 Å². The van der Waals surface area contributed by atoms with Gasteiger partial charge in [-0.1, -0.05) is 66.4 Å². The lowest BCUT2D eigenvalue weighted by molar-refractivity contribution is 0.934. The average molecular weight is 490 g/mol. The van der Waals surface area contributed by atoms with Gasteiger partial charge in [-0.3, -0.25) is 14.3 Å². The molecule has 2 heterocycles. The van der Waals surface area contributed by atoms with Crippen LogP contribution in [0.4, 0.5) is 0 Å². The Morgan fingerprint density at radius 1 is 0.763 bits per heavy atom. The van der Waals surface area contributed by atoms with Crippen LogP contribution in [-0.2, 0) is 0 Å². The fraction of sp³-hybridized carbons (Fsp3) is 0.0294. The molecule has 6 rings (SSSR count). The van der Waals surface area contributed by atoms with E-state index in [9.17, 15) is 4.79 Å². The Balaban J connectivity index is 1.45. The maximum Gasteiger partial charge on any atom is 0.266 e. The van der Waals surface area contributed by atoms with Gasteiger partial charge in [0.25, 0.3) is 5.56 Å². The van der Waals surface area contributed by atoms with Crippen LogP contribution in [0, 0.1) is 18.8 Å². The molecule has 0 bridgehead atoms. The van der Waals surface area contributed by atoms with Gasteiger partial charge in [0, 0.05) is 23.5 Å². The summed E-state index contributed by atoms with van der Waals surface area (Å²) in [5, 5.41) is 2.93. The molecule has 0 unspecified atom stereocenters. The zero-order valence-electron chi connectivity index (χ0n) is 20.8. The SMILES string of the molecule is Cc1cc(C#Cc2cccnc2)ccc1-n1c(C=Cc2ccc3ccccc3c2)nc2ccccc2c1=O. The fourth-order valence-corrected chi connectivity index (χ4v) is 4.54. The first-order valence-electron chi connectivity index (χ1n) is 12.4. The van der Waals surface area contributed by atoms with Crippen molar-refractivity contribution in [2.24, 2.45) is 0 Å². The summed E-state index contributed by atoms with van der Waals surface area (Å²) < 4.78 is 1.69. The van der Waals surface area contributed by atoms with Gasteiger partial charge < -0.3 is 0 Å². The quantitative estimate of drug-likeness (QED) is 0.257. The maximum absolute atomic E-state index is 13.7. The lowest BCUT2D eigenvalue weighted by Crippen LogP contribution is -2.23. The van der Waals surface area contributed by atoms with E-state index >= 15 is 0 Å². The zero-order valence-corrected chi connectivity index (χ0v) is 20.8. The zero-order chi connectivity index (χ0) is 25.9. The Morgan fingerprint density at radius 3 is 2.42 bits per heavy atom. The Hall–Kier alpha value is -5.27. The van der Waals surface area contributed by atoms with Crippen molar-refractivity contribution in [2.75, 3.05) is 0 Å². The highest BCUT2D eigenvalue weighted by Gasteiger charge is 2.13. The topological polar surface area (TPSA) is 47.8 Å². The van der Waals surface area contributed by atoms with Crippen LogP contribution in [0.3, 0.4) is 0 Å². The molecule has 180 valence electrons. The van der Waals surface area contributed by atoms with Gasteiger partial charge >= 0.3 is 0 Å². The van der Waals surface area contributed by atoms with Crippen LogP contribution in [0.2, 0.25) is 0 Å². The predicted molar refractivity (Wildman–Crippen MR) is 155 cm³/mol. The molecule has 0 aliphatic heterocycles. The van der Waals surface area contributed by atoms with Crippen molar-refractivity contribution in [2.45, 2.75) is 6.92 Å². The van der Waals surface area contributed by atoms with E-state index in [2.05, 4.69) is 47.2 Å². The fourth-order valence-electron chi connectivity index (χ4n) is 4.54. The molecule has 0 aliphatic rings. The third-order valence-corrected chi connectivity index (χ3v) is 6.45. The first-order valence-corrected chi connectivity index (χ1v) is 12.4. The highest BCUT2D eigenvalue weighted by Crippen LogP contribution is 2.21. The Bertz CT molecular complexity index is 1960. The molecule has 0 amide bonds. The molecule has 0 radical (unpaired) electrons. The summed E-state index contributed by atoms with van der Waals surface area (Å²) in [6.45, 7) is 1.99. The van der Waals surface area contributed by atoms with Gasteiger partial charge in [-0.15, -0.1) is 0 Å². The molecular weight excluding hydrogens is 466 g/mol. The maximum atomic E-state index is 13.7. The van der Waals surface area contributed by atoms with E-state index in [0.29, 0.717) is 16.7 Å². The van der Waals surface area contributed by atoms with E-state index in [4.69, 9.17) is 4.98 Å². The molecule has 0 atom stereocenters. The van der Waals surface area contributed by atoms with Crippen molar-refractivity contribution in [1.82, 2.24) is 14.5 Å². The summed E-state index contributed by atoms with van der Waals surface area (Å²) in [6, 6.07) is 31.7. The van der Waals surface area contributed by atoms with Crippen molar-refractivity contribution in [3.05, 3.63) is 148 Å². The van der Waals surface area contributed by atoms with Gasteiger partial charge in [-0.2, -0.15) is 0 Å². The number of nitrogens with zero attached hydrogens (tertiary/aromatic N) is 3. The largest absolute Gasteiger partial charge is 0.268 e. The van der Waals surface area contributed by atoms with Gasteiger partial charge in [0.2, 0.25) is 0 Å². The molecule has 0 N–H and O–H groups in total. The summed E-state index contributed by atoms with van der Waals surface area (Å²) in [7, 11) is 0. The minimum atomic E-state index is -0.106. The van der Waals surface area contributed by atoms with Crippen LogP contribution in [-0.4, -0.2) is 14.5 Å². The first kappa shape index (κ1) is 23.1. The second-order valence-electron chi connectivity index (χ2n) is 9.06. The number of hydrogen-bond acceptors (Lipinski definition) is 3. The average Bonchev–Trinajstić information content (AvgIpc) is 2.96. The van der Waals surface area contributed by atoms with Crippen LogP contribution in [0.15, 0.2) is 114 Å². The van der Waals surface area contributed by atoms with Crippen molar-refractivity contribution >= 4 is 33.8 Å². The Labute approximate surface area is 220 Å². The summed E-state index contributed by atoms with van der Waals surface area (Å²) in [4.78, 5) is 22.7. The predicted octanol–water partition coefficient (Wildman–Crippen LogP) is 6.81. The monoisotopic (exact) mass is 489 g/mol. The molecule has 0 fully saturated rings. The van der Waals surface area contributed by atoms with Gasteiger partial charge in [0.15, 0.2) is 0 Å². The third-order valence-electron chi connectivity index (χ3n) is 6.45. The molecular formula is C34H23N3O. The molecule has 0 saturated carbocycles. The lowest BCUT2D eigenvalue weighted by Gasteiger charge is -2.14. The highest BCUT2D eigenvalue weighted by molar-refractivity contribution is 5.86. The van der Waals surface area contributed by atoms with Crippen LogP contribution in [0.25, 0.3) is 39.5 Å². The van der Waals surface area contributed by atoms with E-state index in [1.807, 2.05) is 85.8 Å². The minimum Gasteiger partial charge on any atom is -0.268 e. The van der Waals surface area contributed by atoms with Crippen LogP contribution in [0.5, 0.6) is 0 Å². The Kier molecular flexibility index (Phi) is 6.09. The van der Waals surface area contributed by atoms with E-state index in [0.717, 1.165) is 33.3 Å². The Morgan fingerprint density at radius 2 is 1.58 bits per heavy atom. The van der Waals surface area contributed by atoms with Gasteiger partial charge in [-0.05, 0) is 83.4 Å². The normalized spacial score (nSPS) is 11.1. The number of benzene rings is 4. The second kappa shape index (κ2) is 10.0. The molecule has 0 saturated heterocycles. The summed E-state index contributed by atoms with van der Waals surface area (Å²) in [6.07, 6.45) is 7.38. The number of aryl methyl sites for hydroxylation is 1. The number of rotatable bonds is 3. The molecule has 4 nitrogen and oxygen atoms in total. The van der Waals surface area contributed by atoms with Crippen molar-refractivity contribution < 1.29 is 0 Å². The number of fused-ring (bicyclic) bond motifs is 2. The molecule has 0 aliphatic carbocycles. The van der Waals surface area contributed by atoms with E-state index < -0.39 is 0 Å². The standard InChI is InChI=1S/C34H23N3O/c1-24-21-25(12-13-27-7-6-20-35-23-27)15-18-32(24)37-33(36-31-11-5-4-10-30(31)34(37)38)19-16-26-14-17-28-8-2-3-9-29(28)22-26/h2-11,14-23H,1H3. The second-order valence-corrected chi connectivity index (χ2v) is 9.06. The highest BCUT2D eigenvalue weighted by atomic mass is 16.1. The number of para-hydroxylation sites is 1. The number of pyridine rings is 1. The van der Waals surface area contributed by atoms with E-state index in [-0.39, 0.29) is 5.56 Å². The minimum absolute atomic E-state index is 0.106. The van der Waals surface area contributed by atoms with Crippen LogP contribution in [0.1, 0.15) is 28.1 Å². The molecule has 38 heavy (non-hydrogen) atoms. The number of aromatic nitrogens is 3. The molecule has 2 aromatic heterocycles. The smallest absolute Gasteiger partial charge is 0.266 e. The van der Waals surface area contributed by atoms with E-state index in [1.165, 1.54) is 5.39 Å².